The minimum Gasteiger partial charge on any atom is -0.497 e. The van der Waals surface area contributed by atoms with E-state index in [0.29, 0.717) is 43.5 Å². The van der Waals surface area contributed by atoms with Gasteiger partial charge in [-0.2, -0.15) is 0 Å². The van der Waals surface area contributed by atoms with E-state index >= 15 is 0 Å². The van der Waals surface area contributed by atoms with Gasteiger partial charge in [0.1, 0.15) is 18.2 Å². The number of halogens is 2. The Morgan fingerprint density at radius 3 is 2.64 bits per heavy atom. The zero-order chi connectivity index (χ0) is 28.6. The number of nitrogens with one attached hydrogen (secondary N) is 2. The van der Waals surface area contributed by atoms with Crippen LogP contribution in [-0.4, -0.2) is 50.0 Å². The van der Waals surface area contributed by atoms with Crippen molar-refractivity contribution in [3.63, 3.8) is 0 Å². The Kier molecular flexibility index (Phi) is 13.7. The standard InChI is InChI=1S/C21H25F2N3O3.C7H8O.C2H6/c22-14-2-1-8-25-11-13(3-4-14)19(27)7-9-26-15-10-17-16(21(24)28)5-6-18(23)20(17)29-12-15;1-8-7-5-3-2-4-6-7;1-2/h1-2,4-6,11,15,19,25-27H,3,7-10,12H2,(H2,24,28);2-6H,1H3;1-2H3/b2-1-,13-11+,14-4+;;. The molecule has 39 heavy (non-hydrogen) atoms. The number of nitrogens with two attached hydrogens (primary N) is 1. The summed E-state index contributed by atoms with van der Waals surface area (Å²) in [7, 11) is 1.66. The Hall–Kier alpha value is -3.69. The van der Waals surface area contributed by atoms with Gasteiger partial charge in [0, 0.05) is 23.7 Å². The first kappa shape index (κ1) is 31.5. The fraction of sp³-hybridized carbons (Fsp3) is 0.367. The van der Waals surface area contributed by atoms with E-state index in [1.807, 2.05) is 44.2 Å². The number of aliphatic hydroxyl groups is 1. The minimum absolute atomic E-state index is 0.0728. The molecule has 212 valence electrons. The molecule has 1 amide bonds. The first-order chi connectivity index (χ1) is 18.9. The van der Waals surface area contributed by atoms with Crippen LogP contribution in [-0.2, 0) is 6.42 Å². The van der Waals surface area contributed by atoms with Gasteiger partial charge < -0.3 is 30.9 Å². The van der Waals surface area contributed by atoms with Gasteiger partial charge in [-0.05, 0) is 74.0 Å². The van der Waals surface area contributed by atoms with Crippen molar-refractivity contribution in [3.05, 3.63) is 95.2 Å². The SMILES string of the molecule is CC.COc1ccccc1.NC(=O)c1ccc(F)c2c1CC(NCCC(O)/C1=C/NC/C=C\C(F)=C/C1)CO2. The van der Waals surface area contributed by atoms with Gasteiger partial charge >= 0.3 is 0 Å². The zero-order valence-corrected chi connectivity index (χ0v) is 22.8. The number of primary amides is 1. The molecule has 2 atom stereocenters. The van der Waals surface area contributed by atoms with Crippen LogP contribution in [0.3, 0.4) is 0 Å². The smallest absolute Gasteiger partial charge is 0.249 e. The summed E-state index contributed by atoms with van der Waals surface area (Å²) in [5.74, 6) is -0.500. The predicted octanol–water partition coefficient (Wildman–Crippen LogP) is 4.58. The topological polar surface area (TPSA) is 106 Å². The van der Waals surface area contributed by atoms with Crippen LogP contribution < -0.4 is 25.8 Å². The number of fused-ring (bicyclic) bond motifs is 1. The first-order valence-electron chi connectivity index (χ1n) is 13.1. The molecule has 0 spiro atoms. The molecule has 4 rings (SSSR count). The summed E-state index contributed by atoms with van der Waals surface area (Å²) in [5, 5.41) is 16.7. The van der Waals surface area contributed by atoms with Crippen molar-refractivity contribution in [1.82, 2.24) is 10.6 Å². The van der Waals surface area contributed by atoms with E-state index in [9.17, 15) is 18.7 Å². The fourth-order valence-electron chi connectivity index (χ4n) is 3.98. The third-order valence-electron chi connectivity index (χ3n) is 5.95. The molecule has 2 aliphatic rings. The molecule has 2 unspecified atom stereocenters. The maximum Gasteiger partial charge on any atom is 0.249 e. The quantitative estimate of drug-likeness (QED) is 0.408. The summed E-state index contributed by atoms with van der Waals surface area (Å²) in [6.07, 6.45) is 6.57. The van der Waals surface area contributed by atoms with E-state index in [4.69, 9.17) is 15.2 Å². The average Bonchev–Trinajstić information content (AvgIpc) is 3.06. The van der Waals surface area contributed by atoms with Gasteiger partial charge in [-0.1, -0.05) is 38.1 Å². The Labute approximate surface area is 229 Å². The molecule has 0 aromatic heterocycles. The number of carbonyl (C=O) groups excluding carboxylic acids is 1. The fourth-order valence-corrected chi connectivity index (χ4v) is 3.98. The Morgan fingerprint density at radius 1 is 1.23 bits per heavy atom. The molecule has 2 heterocycles. The van der Waals surface area contributed by atoms with Crippen LogP contribution in [0.15, 0.2) is 78.3 Å². The van der Waals surface area contributed by atoms with Crippen molar-refractivity contribution in [1.29, 1.82) is 0 Å². The van der Waals surface area contributed by atoms with Crippen molar-refractivity contribution >= 4 is 5.91 Å². The van der Waals surface area contributed by atoms with E-state index < -0.39 is 17.8 Å². The highest BCUT2D eigenvalue weighted by Gasteiger charge is 2.26. The number of carbonyl (C=O) groups is 1. The summed E-state index contributed by atoms with van der Waals surface area (Å²) in [6.45, 7) is 5.19. The van der Waals surface area contributed by atoms with Crippen LogP contribution in [0.2, 0.25) is 0 Å². The zero-order valence-electron chi connectivity index (χ0n) is 22.8. The van der Waals surface area contributed by atoms with Crippen LogP contribution in [0, 0.1) is 5.82 Å². The summed E-state index contributed by atoms with van der Waals surface area (Å²) in [4.78, 5) is 11.6. The van der Waals surface area contributed by atoms with Crippen LogP contribution in [0.25, 0.3) is 0 Å². The highest BCUT2D eigenvalue weighted by atomic mass is 19.1. The molecular weight excluding hydrogens is 504 g/mol. The first-order valence-corrected chi connectivity index (χ1v) is 13.1. The molecule has 0 fully saturated rings. The number of hydrogen-bond acceptors (Lipinski definition) is 6. The van der Waals surface area contributed by atoms with Gasteiger partial charge in [0.2, 0.25) is 5.91 Å². The lowest BCUT2D eigenvalue weighted by Crippen LogP contribution is -2.41. The van der Waals surface area contributed by atoms with Crippen molar-refractivity contribution in [2.45, 2.75) is 45.3 Å². The predicted molar refractivity (Wildman–Crippen MR) is 150 cm³/mol. The highest BCUT2D eigenvalue weighted by Crippen LogP contribution is 2.31. The van der Waals surface area contributed by atoms with Crippen LogP contribution in [0.4, 0.5) is 8.78 Å². The van der Waals surface area contributed by atoms with E-state index in [0.717, 1.165) is 5.75 Å². The van der Waals surface area contributed by atoms with Gasteiger partial charge in [0.05, 0.1) is 13.2 Å². The van der Waals surface area contributed by atoms with E-state index in [-0.39, 0.29) is 29.8 Å². The molecule has 0 saturated heterocycles. The van der Waals surface area contributed by atoms with Crippen LogP contribution in [0.5, 0.6) is 11.5 Å². The maximum atomic E-state index is 13.9. The third-order valence-corrected chi connectivity index (χ3v) is 5.95. The van der Waals surface area contributed by atoms with Gasteiger partial charge in [-0.15, -0.1) is 0 Å². The summed E-state index contributed by atoms with van der Waals surface area (Å²) in [5.41, 5.74) is 6.77. The molecule has 0 aliphatic carbocycles. The molecule has 0 saturated carbocycles. The number of amides is 1. The molecule has 5 N–H and O–H groups in total. The Morgan fingerprint density at radius 2 is 1.97 bits per heavy atom. The van der Waals surface area contributed by atoms with Crippen molar-refractivity contribution in [2.75, 3.05) is 26.8 Å². The maximum absolute atomic E-state index is 13.9. The van der Waals surface area contributed by atoms with E-state index in [2.05, 4.69) is 10.6 Å². The summed E-state index contributed by atoms with van der Waals surface area (Å²) < 4.78 is 37.9. The van der Waals surface area contributed by atoms with E-state index in [1.54, 1.807) is 19.4 Å². The van der Waals surface area contributed by atoms with E-state index in [1.165, 1.54) is 24.3 Å². The molecule has 0 radical (unpaired) electrons. The molecule has 0 bridgehead atoms. The number of ether oxygens (including phenoxy) is 2. The third kappa shape index (κ3) is 10.2. The van der Waals surface area contributed by atoms with Crippen molar-refractivity contribution in [2.24, 2.45) is 5.73 Å². The number of rotatable bonds is 7. The Bertz CT molecular complexity index is 1140. The molecule has 7 nitrogen and oxygen atoms in total. The second-order valence-electron chi connectivity index (χ2n) is 8.58. The van der Waals surface area contributed by atoms with Gasteiger partial charge in [-0.25, -0.2) is 8.78 Å². The van der Waals surface area contributed by atoms with Gasteiger partial charge in [0.25, 0.3) is 0 Å². The number of hydrogen-bond donors (Lipinski definition) is 4. The monoisotopic (exact) mass is 543 g/mol. The molecule has 2 aliphatic heterocycles. The van der Waals surface area contributed by atoms with Crippen molar-refractivity contribution in [3.8, 4) is 11.5 Å². The summed E-state index contributed by atoms with van der Waals surface area (Å²) >= 11 is 0. The number of benzene rings is 2. The molecule has 9 heteroatoms. The number of methoxy groups -OCH3 is 1. The number of para-hydroxylation sites is 1. The molecule has 2 aromatic carbocycles. The lowest BCUT2D eigenvalue weighted by molar-refractivity contribution is 0.0997. The second kappa shape index (κ2) is 17.0. The van der Waals surface area contributed by atoms with Gasteiger partial charge in [-0.3, -0.25) is 4.79 Å². The molecular formula is C30H39F2N3O4. The normalized spacial score (nSPS) is 20.3. The van der Waals surface area contributed by atoms with Crippen LogP contribution >= 0.6 is 0 Å². The number of aliphatic hydroxyl groups excluding tert-OH is 1. The average molecular weight is 544 g/mol. The highest BCUT2D eigenvalue weighted by molar-refractivity contribution is 5.95. The number of allylic oxidation sites excluding steroid dienone is 3. The molecule has 2 aromatic rings. The second-order valence-corrected chi connectivity index (χ2v) is 8.58. The largest absolute Gasteiger partial charge is 0.497 e. The van der Waals surface area contributed by atoms with Crippen molar-refractivity contribution < 1.29 is 28.2 Å². The summed E-state index contributed by atoms with van der Waals surface area (Å²) in [6, 6.07) is 12.1. The Balaban J connectivity index is 0.000000451. The van der Waals surface area contributed by atoms with Crippen LogP contribution in [0.1, 0.15) is 42.6 Å². The minimum atomic E-state index is -0.743. The lowest BCUT2D eigenvalue weighted by Gasteiger charge is -2.28. The lowest BCUT2D eigenvalue weighted by atomic mass is 9.96. The van der Waals surface area contributed by atoms with Gasteiger partial charge in [0.15, 0.2) is 11.6 Å².